The topological polar surface area (TPSA) is 85.2 Å². The normalized spacial score (nSPS) is 11.2. The van der Waals surface area contributed by atoms with Gasteiger partial charge in [-0.3, -0.25) is 4.79 Å². The number of aliphatic hydroxyl groups is 1. The second-order valence-corrected chi connectivity index (χ2v) is 7.59. The molecule has 2 aromatic rings. The zero-order valence-corrected chi connectivity index (χ0v) is 17.4. The van der Waals surface area contributed by atoms with E-state index in [4.69, 9.17) is 9.84 Å². The summed E-state index contributed by atoms with van der Waals surface area (Å²) in [5.74, 6) is -0.156. The van der Waals surface area contributed by atoms with E-state index < -0.39 is 5.97 Å². The third kappa shape index (κ3) is 6.40. The highest BCUT2D eigenvalue weighted by Gasteiger charge is 2.16. The number of thioether (sulfide) groups is 1. The van der Waals surface area contributed by atoms with Crippen molar-refractivity contribution in [2.45, 2.75) is 28.5 Å². The van der Waals surface area contributed by atoms with Gasteiger partial charge in [0.05, 0.1) is 6.61 Å². The summed E-state index contributed by atoms with van der Waals surface area (Å²) in [5.41, 5.74) is 0.627. The molecule has 0 fully saturated rings. The van der Waals surface area contributed by atoms with Crippen molar-refractivity contribution in [3.8, 4) is 5.75 Å². The van der Waals surface area contributed by atoms with Gasteiger partial charge in [-0.15, -0.1) is 11.8 Å². The number of carbonyl (C=O) groups excluding carboxylic acids is 2. The summed E-state index contributed by atoms with van der Waals surface area (Å²) in [6.07, 6.45) is 1.90. The molecule has 0 radical (unpaired) electrons. The molecule has 0 aromatic heterocycles. The van der Waals surface area contributed by atoms with Crippen LogP contribution in [0, 0.1) is 0 Å². The Kier molecular flexibility index (Phi) is 8.56. The zero-order chi connectivity index (χ0) is 20.5. The van der Waals surface area contributed by atoms with Crippen LogP contribution >= 0.6 is 23.5 Å². The van der Waals surface area contributed by atoms with Crippen molar-refractivity contribution in [3.63, 3.8) is 0 Å². The van der Waals surface area contributed by atoms with Crippen LogP contribution in [0.4, 0.5) is 0 Å². The van der Waals surface area contributed by atoms with Crippen LogP contribution in [0.1, 0.15) is 24.2 Å². The average Bonchev–Trinajstić information content (AvgIpc) is 2.70. The number of hydrogen-bond acceptors (Lipinski definition) is 8. The molecule has 8 heteroatoms. The molecule has 0 spiro atoms. The van der Waals surface area contributed by atoms with Crippen molar-refractivity contribution in [2.24, 2.45) is 5.16 Å². The number of aliphatic hydroxyl groups excluding tert-OH is 1. The SMILES string of the molecule is CSc1cc(Sc2ccc(OCCO)cc2)ccc1C(=O)C(C)=NOC(C)=O. The Hall–Kier alpha value is -2.29. The van der Waals surface area contributed by atoms with Crippen molar-refractivity contribution < 1.29 is 24.3 Å². The number of ketones is 1. The minimum atomic E-state index is -0.572. The minimum absolute atomic E-state index is 0.0237. The van der Waals surface area contributed by atoms with Gasteiger partial charge in [-0.1, -0.05) is 16.9 Å². The fourth-order valence-electron chi connectivity index (χ4n) is 2.20. The molecule has 0 atom stereocenters. The lowest BCUT2D eigenvalue weighted by Crippen LogP contribution is -2.13. The van der Waals surface area contributed by atoms with Gasteiger partial charge in [0.2, 0.25) is 5.78 Å². The Morgan fingerprint density at radius 3 is 2.36 bits per heavy atom. The van der Waals surface area contributed by atoms with E-state index in [1.807, 2.05) is 42.7 Å². The van der Waals surface area contributed by atoms with Gasteiger partial charge in [0.25, 0.3) is 0 Å². The van der Waals surface area contributed by atoms with Crippen LogP contribution in [0.25, 0.3) is 0 Å². The molecular formula is C20H21NO5S2. The fraction of sp³-hybridized carbons (Fsp3) is 0.250. The third-order valence-electron chi connectivity index (χ3n) is 3.48. The monoisotopic (exact) mass is 419 g/mol. The van der Waals surface area contributed by atoms with Crippen molar-refractivity contribution in [3.05, 3.63) is 48.0 Å². The lowest BCUT2D eigenvalue weighted by Gasteiger charge is -2.10. The van der Waals surface area contributed by atoms with Crippen LogP contribution in [0.2, 0.25) is 0 Å². The molecular weight excluding hydrogens is 398 g/mol. The number of nitrogens with zero attached hydrogens (tertiary/aromatic N) is 1. The number of Topliss-reactive ketones (excluding diaryl/α,β-unsaturated/α-hetero) is 1. The largest absolute Gasteiger partial charge is 0.491 e. The van der Waals surface area contributed by atoms with E-state index >= 15 is 0 Å². The molecule has 0 bridgehead atoms. The third-order valence-corrected chi connectivity index (χ3v) is 5.25. The molecule has 0 unspecified atom stereocenters. The van der Waals surface area contributed by atoms with Gasteiger partial charge in [-0.25, -0.2) is 4.79 Å². The molecule has 0 aliphatic carbocycles. The Morgan fingerprint density at radius 2 is 1.75 bits per heavy atom. The van der Waals surface area contributed by atoms with Gasteiger partial charge in [0, 0.05) is 27.2 Å². The van der Waals surface area contributed by atoms with E-state index in [0.29, 0.717) is 11.3 Å². The molecule has 0 saturated carbocycles. The first-order valence-electron chi connectivity index (χ1n) is 8.41. The van der Waals surface area contributed by atoms with Crippen molar-refractivity contribution >= 4 is 41.0 Å². The van der Waals surface area contributed by atoms with Crippen molar-refractivity contribution in [1.82, 2.24) is 0 Å². The predicted molar refractivity (Wildman–Crippen MR) is 111 cm³/mol. The van der Waals surface area contributed by atoms with Gasteiger partial charge < -0.3 is 14.7 Å². The van der Waals surface area contributed by atoms with Crippen LogP contribution in [0.3, 0.4) is 0 Å². The van der Waals surface area contributed by atoms with Gasteiger partial charge in [0.1, 0.15) is 18.1 Å². The molecule has 148 valence electrons. The lowest BCUT2D eigenvalue weighted by atomic mass is 10.1. The summed E-state index contributed by atoms with van der Waals surface area (Å²) < 4.78 is 5.35. The zero-order valence-electron chi connectivity index (χ0n) is 15.8. The van der Waals surface area contributed by atoms with Crippen LogP contribution in [0.15, 0.2) is 62.3 Å². The molecule has 6 nitrogen and oxygen atoms in total. The van der Waals surface area contributed by atoms with Gasteiger partial charge in [-0.05, 0) is 55.6 Å². The summed E-state index contributed by atoms with van der Waals surface area (Å²) in [5, 5.41) is 12.4. The summed E-state index contributed by atoms with van der Waals surface area (Å²) in [6, 6.07) is 13.1. The van der Waals surface area contributed by atoms with Gasteiger partial charge in [-0.2, -0.15) is 0 Å². The molecule has 28 heavy (non-hydrogen) atoms. The molecule has 0 aliphatic rings. The van der Waals surface area contributed by atoms with Gasteiger partial charge in [0.15, 0.2) is 0 Å². The maximum atomic E-state index is 12.6. The summed E-state index contributed by atoms with van der Waals surface area (Å²) in [4.78, 5) is 30.8. The number of hydrogen-bond donors (Lipinski definition) is 1. The standard InChI is InChI=1S/C20H21NO5S2/c1-13(21-26-14(2)23)20(24)18-9-8-17(12-19(18)27-3)28-16-6-4-15(5-7-16)25-11-10-22/h4-9,12,22H,10-11H2,1-3H3. The fourth-order valence-corrected chi connectivity index (χ4v) is 3.75. The Bertz CT molecular complexity index is 865. The first kappa shape index (κ1) is 22.0. The summed E-state index contributed by atoms with van der Waals surface area (Å²) in [7, 11) is 0. The number of ether oxygens (including phenoxy) is 1. The van der Waals surface area contributed by atoms with E-state index in [-0.39, 0.29) is 24.7 Å². The number of benzene rings is 2. The van der Waals surface area contributed by atoms with Crippen molar-refractivity contribution in [1.29, 1.82) is 0 Å². The first-order chi connectivity index (χ1) is 13.4. The highest BCUT2D eigenvalue weighted by molar-refractivity contribution is 7.99. The highest BCUT2D eigenvalue weighted by atomic mass is 32.2. The molecule has 2 aromatic carbocycles. The number of oxime groups is 1. The first-order valence-corrected chi connectivity index (χ1v) is 10.4. The van der Waals surface area contributed by atoms with Gasteiger partial charge >= 0.3 is 5.97 Å². The van der Waals surface area contributed by atoms with Crippen LogP contribution in [-0.2, 0) is 9.63 Å². The number of carbonyl (C=O) groups is 2. The van der Waals surface area contributed by atoms with Crippen LogP contribution in [-0.4, -0.2) is 42.0 Å². The lowest BCUT2D eigenvalue weighted by molar-refractivity contribution is -0.140. The average molecular weight is 420 g/mol. The van der Waals surface area contributed by atoms with E-state index in [9.17, 15) is 9.59 Å². The highest BCUT2D eigenvalue weighted by Crippen LogP contribution is 2.33. The second kappa shape index (κ2) is 10.9. The number of rotatable bonds is 9. The molecule has 2 rings (SSSR count). The maximum Gasteiger partial charge on any atom is 0.331 e. The molecule has 0 amide bonds. The smallest absolute Gasteiger partial charge is 0.331 e. The van der Waals surface area contributed by atoms with Crippen molar-refractivity contribution in [2.75, 3.05) is 19.5 Å². The predicted octanol–water partition coefficient (Wildman–Crippen LogP) is 4.05. The Balaban J connectivity index is 2.15. The van der Waals surface area contributed by atoms with E-state index in [1.54, 1.807) is 17.8 Å². The Morgan fingerprint density at radius 1 is 1.07 bits per heavy atom. The maximum absolute atomic E-state index is 12.6. The Labute approximate surface area is 172 Å². The van der Waals surface area contributed by atoms with Crippen LogP contribution in [0.5, 0.6) is 5.75 Å². The molecule has 0 saturated heterocycles. The summed E-state index contributed by atoms with van der Waals surface area (Å²) >= 11 is 3.02. The second-order valence-electron chi connectivity index (χ2n) is 5.60. The minimum Gasteiger partial charge on any atom is -0.491 e. The molecule has 0 heterocycles. The molecule has 0 aliphatic heterocycles. The van der Waals surface area contributed by atoms with E-state index in [0.717, 1.165) is 14.7 Å². The quantitative estimate of drug-likeness (QED) is 0.216. The van der Waals surface area contributed by atoms with E-state index in [1.165, 1.54) is 25.6 Å². The summed E-state index contributed by atoms with van der Waals surface area (Å²) in [6.45, 7) is 2.98. The van der Waals surface area contributed by atoms with E-state index in [2.05, 4.69) is 9.99 Å². The van der Waals surface area contributed by atoms with Crippen LogP contribution < -0.4 is 4.74 Å². The molecule has 1 N–H and O–H groups in total.